The predicted molar refractivity (Wildman–Crippen MR) is 79.1 cm³/mol. The Morgan fingerprint density at radius 1 is 1.38 bits per heavy atom. The Kier molecular flexibility index (Phi) is 5.51. The Labute approximate surface area is 124 Å². The van der Waals surface area contributed by atoms with E-state index in [1.165, 1.54) is 0 Å². The van der Waals surface area contributed by atoms with E-state index in [-0.39, 0.29) is 6.04 Å². The number of rotatable bonds is 8. The van der Waals surface area contributed by atoms with Gasteiger partial charge in [-0.3, -0.25) is 0 Å². The van der Waals surface area contributed by atoms with Gasteiger partial charge in [0.15, 0.2) is 0 Å². The second-order valence-electron chi connectivity index (χ2n) is 4.68. The molecule has 0 saturated heterocycles. The maximum absolute atomic E-state index is 5.58. The van der Waals surface area contributed by atoms with Crippen LogP contribution in [0.1, 0.15) is 37.8 Å². The molecule has 2 rings (SSSR count). The van der Waals surface area contributed by atoms with Crippen LogP contribution in [0.15, 0.2) is 22.7 Å². The molecule has 2 aromatic rings. The van der Waals surface area contributed by atoms with E-state index in [1.807, 2.05) is 19.1 Å². The minimum Gasteiger partial charge on any atom is -0.481 e. The molecule has 7 nitrogen and oxygen atoms in total. The molecule has 1 unspecified atom stereocenters. The molecule has 2 aromatic heterocycles. The summed E-state index contributed by atoms with van der Waals surface area (Å²) in [4.78, 5) is 4.06. The van der Waals surface area contributed by atoms with E-state index in [4.69, 9.17) is 9.15 Å². The molecule has 0 aliphatic heterocycles. The van der Waals surface area contributed by atoms with Crippen LogP contribution >= 0.6 is 0 Å². The van der Waals surface area contributed by atoms with Crippen molar-refractivity contribution in [2.75, 3.05) is 19.0 Å². The van der Waals surface area contributed by atoms with Gasteiger partial charge in [-0.1, -0.05) is 12.0 Å². The van der Waals surface area contributed by atoms with Gasteiger partial charge in [0.05, 0.1) is 13.2 Å². The third kappa shape index (κ3) is 4.42. The Morgan fingerprint density at radius 2 is 2.24 bits per heavy atom. The molecule has 0 aliphatic rings. The first kappa shape index (κ1) is 15.2. The SMILES string of the molecule is CCCNC(C)c1nnc(NCc2ccnc(OC)c2)o1. The van der Waals surface area contributed by atoms with Crippen LogP contribution in [0, 0.1) is 0 Å². The second-order valence-corrected chi connectivity index (χ2v) is 4.68. The van der Waals surface area contributed by atoms with Crippen molar-refractivity contribution in [2.45, 2.75) is 32.9 Å². The van der Waals surface area contributed by atoms with E-state index in [9.17, 15) is 0 Å². The quantitative estimate of drug-likeness (QED) is 0.770. The lowest BCUT2D eigenvalue weighted by molar-refractivity contribution is 0.397. The van der Waals surface area contributed by atoms with Gasteiger partial charge in [-0.05, 0) is 31.5 Å². The zero-order valence-corrected chi connectivity index (χ0v) is 12.6. The third-order valence-electron chi connectivity index (χ3n) is 2.96. The first-order valence-corrected chi connectivity index (χ1v) is 7.02. The van der Waals surface area contributed by atoms with Gasteiger partial charge in [0.1, 0.15) is 0 Å². The summed E-state index contributed by atoms with van der Waals surface area (Å²) in [6.07, 6.45) is 2.76. The van der Waals surface area contributed by atoms with Gasteiger partial charge in [0.25, 0.3) is 0 Å². The summed E-state index contributed by atoms with van der Waals surface area (Å²) in [6.45, 7) is 5.60. The number of hydrogen-bond acceptors (Lipinski definition) is 7. The lowest BCUT2D eigenvalue weighted by atomic mass is 10.2. The first-order valence-electron chi connectivity index (χ1n) is 7.02. The summed E-state index contributed by atoms with van der Waals surface area (Å²) in [5, 5.41) is 14.4. The molecule has 1 atom stereocenters. The molecular weight excluding hydrogens is 270 g/mol. The number of aromatic nitrogens is 3. The van der Waals surface area contributed by atoms with Crippen LogP contribution in [0.4, 0.5) is 6.01 Å². The smallest absolute Gasteiger partial charge is 0.315 e. The van der Waals surface area contributed by atoms with E-state index >= 15 is 0 Å². The van der Waals surface area contributed by atoms with Crippen molar-refractivity contribution in [3.63, 3.8) is 0 Å². The van der Waals surface area contributed by atoms with Gasteiger partial charge in [0.2, 0.25) is 11.8 Å². The van der Waals surface area contributed by atoms with Crippen molar-refractivity contribution in [2.24, 2.45) is 0 Å². The highest BCUT2D eigenvalue weighted by Crippen LogP contribution is 2.15. The van der Waals surface area contributed by atoms with E-state index in [2.05, 4.69) is 32.7 Å². The van der Waals surface area contributed by atoms with Crippen molar-refractivity contribution >= 4 is 6.01 Å². The molecule has 0 radical (unpaired) electrons. The zero-order valence-electron chi connectivity index (χ0n) is 12.6. The monoisotopic (exact) mass is 291 g/mol. The fourth-order valence-electron chi connectivity index (χ4n) is 1.78. The highest BCUT2D eigenvalue weighted by molar-refractivity contribution is 5.26. The highest BCUT2D eigenvalue weighted by atomic mass is 16.5. The number of nitrogens with one attached hydrogen (secondary N) is 2. The largest absolute Gasteiger partial charge is 0.481 e. The van der Waals surface area contributed by atoms with E-state index in [0.717, 1.165) is 18.5 Å². The van der Waals surface area contributed by atoms with Gasteiger partial charge in [0, 0.05) is 18.8 Å². The number of pyridine rings is 1. The molecule has 2 heterocycles. The lowest BCUT2D eigenvalue weighted by Gasteiger charge is -2.07. The number of hydrogen-bond donors (Lipinski definition) is 2. The summed E-state index contributed by atoms with van der Waals surface area (Å²) in [5.41, 5.74) is 1.03. The molecular formula is C14H21N5O2. The van der Waals surface area contributed by atoms with Crippen molar-refractivity contribution < 1.29 is 9.15 Å². The molecule has 2 N–H and O–H groups in total. The number of ether oxygens (including phenoxy) is 1. The van der Waals surface area contributed by atoms with Crippen LogP contribution in [0.3, 0.4) is 0 Å². The molecule has 21 heavy (non-hydrogen) atoms. The molecule has 114 valence electrons. The van der Waals surface area contributed by atoms with Crippen molar-refractivity contribution in [1.82, 2.24) is 20.5 Å². The van der Waals surface area contributed by atoms with Gasteiger partial charge in [-0.2, -0.15) is 0 Å². The summed E-state index contributed by atoms with van der Waals surface area (Å²) in [7, 11) is 1.59. The molecule has 0 aliphatic carbocycles. The summed E-state index contributed by atoms with van der Waals surface area (Å²) < 4.78 is 10.7. The summed E-state index contributed by atoms with van der Waals surface area (Å²) in [5.74, 6) is 1.16. The average molecular weight is 291 g/mol. The minimum atomic E-state index is 0.0500. The normalized spacial score (nSPS) is 12.1. The predicted octanol–water partition coefficient (Wildman–Crippen LogP) is 2.15. The van der Waals surface area contributed by atoms with Gasteiger partial charge in [-0.25, -0.2) is 4.98 Å². The standard InChI is InChI=1S/C14H21N5O2/c1-4-6-15-10(2)13-18-19-14(21-13)17-9-11-5-7-16-12(8-11)20-3/h5,7-8,10,15H,4,6,9H2,1-3H3,(H,17,19). The van der Waals surface area contributed by atoms with Gasteiger partial charge >= 0.3 is 6.01 Å². The second kappa shape index (κ2) is 7.58. The lowest BCUT2D eigenvalue weighted by Crippen LogP contribution is -2.19. The molecule has 0 amide bonds. The van der Waals surface area contributed by atoms with Crippen LogP contribution in [0.5, 0.6) is 5.88 Å². The van der Waals surface area contributed by atoms with Gasteiger partial charge in [-0.15, -0.1) is 5.10 Å². The van der Waals surface area contributed by atoms with Crippen LogP contribution in [0.2, 0.25) is 0 Å². The Balaban J connectivity index is 1.90. The minimum absolute atomic E-state index is 0.0500. The van der Waals surface area contributed by atoms with E-state index in [0.29, 0.717) is 24.3 Å². The number of methoxy groups -OCH3 is 1. The molecule has 0 spiro atoms. The maximum Gasteiger partial charge on any atom is 0.315 e. The van der Waals surface area contributed by atoms with E-state index < -0.39 is 0 Å². The highest BCUT2D eigenvalue weighted by Gasteiger charge is 2.12. The topological polar surface area (TPSA) is 85.1 Å². The van der Waals surface area contributed by atoms with Gasteiger partial charge < -0.3 is 19.8 Å². The van der Waals surface area contributed by atoms with E-state index in [1.54, 1.807) is 13.3 Å². The number of nitrogens with zero attached hydrogens (tertiary/aromatic N) is 3. The van der Waals surface area contributed by atoms with Crippen molar-refractivity contribution in [3.8, 4) is 5.88 Å². The van der Waals surface area contributed by atoms with Crippen LogP contribution in [-0.2, 0) is 6.54 Å². The molecule has 0 saturated carbocycles. The first-order chi connectivity index (χ1) is 10.2. The van der Waals surface area contributed by atoms with Crippen molar-refractivity contribution in [3.05, 3.63) is 29.8 Å². The Morgan fingerprint density at radius 3 is 3.00 bits per heavy atom. The zero-order chi connectivity index (χ0) is 15.1. The Bertz CT molecular complexity index is 558. The van der Waals surface area contributed by atoms with Crippen LogP contribution in [-0.4, -0.2) is 28.8 Å². The maximum atomic E-state index is 5.58. The molecule has 7 heteroatoms. The molecule has 0 aromatic carbocycles. The third-order valence-corrected chi connectivity index (χ3v) is 2.96. The summed E-state index contributed by atoms with van der Waals surface area (Å²) in [6, 6.07) is 4.22. The van der Waals surface area contributed by atoms with Crippen LogP contribution in [0.25, 0.3) is 0 Å². The van der Waals surface area contributed by atoms with Crippen molar-refractivity contribution in [1.29, 1.82) is 0 Å². The molecule has 0 fully saturated rings. The number of anilines is 1. The molecule has 0 bridgehead atoms. The summed E-state index contributed by atoms with van der Waals surface area (Å²) >= 11 is 0. The Hall–Kier alpha value is -2.15. The average Bonchev–Trinajstić information content (AvgIpc) is 3.00. The fraction of sp³-hybridized carbons (Fsp3) is 0.500. The van der Waals surface area contributed by atoms with Crippen LogP contribution < -0.4 is 15.4 Å². The fourth-order valence-corrected chi connectivity index (χ4v) is 1.78.